The van der Waals surface area contributed by atoms with Crippen molar-refractivity contribution in [3.05, 3.63) is 28.8 Å². The van der Waals surface area contributed by atoms with E-state index in [2.05, 4.69) is 0 Å². The number of hydrogen-bond acceptors (Lipinski definition) is 2. The Morgan fingerprint density at radius 1 is 1.44 bits per heavy atom. The van der Waals surface area contributed by atoms with Crippen LogP contribution in [-0.4, -0.2) is 24.5 Å². The van der Waals surface area contributed by atoms with Crippen LogP contribution in [0.2, 0.25) is 5.02 Å². The summed E-state index contributed by atoms with van der Waals surface area (Å²) in [6.07, 6.45) is -7.52. The fraction of sp³-hybridized carbons (Fsp3) is 0.400. The van der Waals surface area contributed by atoms with Crippen LogP contribution in [0.5, 0.6) is 5.75 Å². The van der Waals surface area contributed by atoms with Crippen LogP contribution < -0.4 is 4.74 Å². The van der Waals surface area contributed by atoms with Gasteiger partial charge in [-0.05, 0) is 17.7 Å². The molecule has 0 aliphatic rings. The largest absolute Gasteiger partial charge is 0.495 e. The van der Waals surface area contributed by atoms with E-state index >= 15 is 0 Å². The molecule has 1 atom stereocenters. The molecule has 0 amide bonds. The Hall–Kier alpha value is -0.940. The van der Waals surface area contributed by atoms with Gasteiger partial charge in [0, 0.05) is 6.42 Å². The minimum absolute atomic E-state index is 0.217. The van der Waals surface area contributed by atoms with Crippen molar-refractivity contribution in [3.63, 3.8) is 0 Å². The third-order valence-electron chi connectivity index (χ3n) is 2.02. The van der Waals surface area contributed by atoms with Crippen molar-refractivity contribution in [1.29, 1.82) is 0 Å². The van der Waals surface area contributed by atoms with Gasteiger partial charge in [0.05, 0.1) is 12.1 Å². The topological polar surface area (TPSA) is 29.5 Å². The molecule has 0 saturated carbocycles. The molecule has 1 aromatic carbocycles. The molecular weight excluding hydrogens is 245 g/mol. The van der Waals surface area contributed by atoms with E-state index in [9.17, 15) is 13.2 Å². The maximum absolute atomic E-state index is 12.1. The molecule has 6 heteroatoms. The lowest BCUT2D eigenvalue weighted by Crippen LogP contribution is -2.30. The van der Waals surface area contributed by atoms with Crippen LogP contribution in [0, 0.1) is 0 Å². The van der Waals surface area contributed by atoms with Gasteiger partial charge in [-0.25, -0.2) is 0 Å². The molecule has 0 bridgehead atoms. The molecule has 0 aromatic heterocycles. The summed E-state index contributed by atoms with van der Waals surface area (Å²) in [4.78, 5) is 0. The first-order valence-corrected chi connectivity index (χ1v) is 4.79. The highest BCUT2D eigenvalue weighted by Gasteiger charge is 2.37. The van der Waals surface area contributed by atoms with Crippen LogP contribution in [0.1, 0.15) is 5.56 Å². The smallest absolute Gasteiger partial charge is 0.414 e. The van der Waals surface area contributed by atoms with Gasteiger partial charge in [-0.1, -0.05) is 17.7 Å². The molecule has 90 valence electrons. The zero-order chi connectivity index (χ0) is 12.3. The summed E-state index contributed by atoms with van der Waals surface area (Å²) in [6.45, 7) is 0. The molecule has 1 unspecified atom stereocenters. The minimum atomic E-state index is -4.62. The highest BCUT2D eigenvalue weighted by atomic mass is 35.5. The number of benzene rings is 1. The molecule has 16 heavy (non-hydrogen) atoms. The first-order chi connectivity index (χ1) is 7.34. The molecular formula is C10H10ClF3O2. The normalized spacial score (nSPS) is 13.6. The number of aliphatic hydroxyl groups excluding tert-OH is 1. The lowest BCUT2D eigenvalue weighted by molar-refractivity contribution is -0.203. The summed E-state index contributed by atoms with van der Waals surface area (Å²) in [7, 11) is 1.41. The SMILES string of the molecule is COc1ccc(CC(O)C(F)(F)F)cc1Cl. The predicted molar refractivity (Wildman–Crippen MR) is 53.8 cm³/mol. The van der Waals surface area contributed by atoms with Crippen LogP contribution >= 0.6 is 11.6 Å². The second-order valence-corrected chi connectivity index (χ2v) is 3.64. The van der Waals surface area contributed by atoms with Crippen molar-refractivity contribution >= 4 is 11.6 Å². The number of halogens is 4. The van der Waals surface area contributed by atoms with E-state index in [0.29, 0.717) is 11.3 Å². The lowest BCUT2D eigenvalue weighted by atomic mass is 10.1. The Labute approximate surface area is 95.6 Å². The van der Waals surface area contributed by atoms with Gasteiger partial charge in [0.25, 0.3) is 0 Å². The van der Waals surface area contributed by atoms with Crippen molar-refractivity contribution in [2.45, 2.75) is 18.7 Å². The third-order valence-corrected chi connectivity index (χ3v) is 2.32. The number of alkyl halides is 3. The summed E-state index contributed by atoms with van der Waals surface area (Å²) in [5.41, 5.74) is 0.302. The lowest BCUT2D eigenvalue weighted by Gasteiger charge is -2.14. The molecule has 1 N–H and O–H groups in total. The van der Waals surface area contributed by atoms with Gasteiger partial charge >= 0.3 is 6.18 Å². The van der Waals surface area contributed by atoms with Gasteiger partial charge in [0.2, 0.25) is 0 Å². The Morgan fingerprint density at radius 2 is 2.06 bits per heavy atom. The predicted octanol–water partition coefficient (Wildman–Crippen LogP) is 2.81. The van der Waals surface area contributed by atoms with E-state index in [1.165, 1.54) is 25.3 Å². The van der Waals surface area contributed by atoms with Gasteiger partial charge in [0.1, 0.15) is 5.75 Å². The second kappa shape index (κ2) is 4.93. The average molecular weight is 255 g/mol. The van der Waals surface area contributed by atoms with E-state index in [0.717, 1.165) is 0 Å². The van der Waals surface area contributed by atoms with Crippen LogP contribution in [0.15, 0.2) is 18.2 Å². The third kappa shape index (κ3) is 3.28. The van der Waals surface area contributed by atoms with Gasteiger partial charge in [0.15, 0.2) is 6.10 Å². The maximum Gasteiger partial charge on any atom is 0.414 e. The maximum atomic E-state index is 12.1. The van der Waals surface area contributed by atoms with Gasteiger partial charge < -0.3 is 9.84 Å². The zero-order valence-corrected chi connectivity index (χ0v) is 9.14. The number of rotatable bonds is 3. The van der Waals surface area contributed by atoms with Crippen LogP contribution in [0.3, 0.4) is 0 Å². The monoisotopic (exact) mass is 254 g/mol. The Morgan fingerprint density at radius 3 is 2.50 bits per heavy atom. The Balaban J connectivity index is 2.79. The first-order valence-electron chi connectivity index (χ1n) is 4.42. The van der Waals surface area contributed by atoms with E-state index in [-0.39, 0.29) is 5.02 Å². The van der Waals surface area contributed by atoms with Crippen molar-refractivity contribution < 1.29 is 23.0 Å². The van der Waals surface area contributed by atoms with Gasteiger partial charge in [-0.2, -0.15) is 13.2 Å². The molecule has 0 aliphatic heterocycles. The summed E-state index contributed by atoms with van der Waals surface area (Å²) in [5, 5.41) is 9.07. The Kier molecular flexibility index (Phi) is 4.04. The summed E-state index contributed by atoms with van der Waals surface area (Å²) < 4.78 is 41.1. The van der Waals surface area contributed by atoms with Gasteiger partial charge in [-0.15, -0.1) is 0 Å². The summed E-state index contributed by atoms with van der Waals surface area (Å²) in [6, 6.07) is 4.23. The van der Waals surface area contributed by atoms with E-state index < -0.39 is 18.7 Å². The first kappa shape index (κ1) is 13.1. The van der Waals surface area contributed by atoms with Crippen LogP contribution in [-0.2, 0) is 6.42 Å². The highest BCUT2D eigenvalue weighted by Crippen LogP contribution is 2.28. The average Bonchev–Trinajstić information content (AvgIpc) is 2.16. The molecule has 2 nitrogen and oxygen atoms in total. The molecule has 1 aromatic rings. The number of aliphatic hydroxyl groups is 1. The number of hydrogen-bond donors (Lipinski definition) is 1. The molecule has 0 spiro atoms. The fourth-order valence-corrected chi connectivity index (χ4v) is 1.46. The van der Waals surface area contributed by atoms with Crippen molar-refractivity contribution in [3.8, 4) is 5.75 Å². The fourth-order valence-electron chi connectivity index (χ4n) is 1.18. The van der Waals surface area contributed by atoms with E-state index in [1.807, 2.05) is 0 Å². The van der Waals surface area contributed by atoms with Gasteiger partial charge in [-0.3, -0.25) is 0 Å². The van der Waals surface area contributed by atoms with Crippen LogP contribution in [0.25, 0.3) is 0 Å². The quantitative estimate of drug-likeness (QED) is 0.899. The molecule has 0 saturated heterocycles. The Bertz CT molecular complexity index is 366. The molecule has 0 aliphatic carbocycles. The summed E-state index contributed by atoms with van der Waals surface area (Å²) in [5.74, 6) is 0.381. The van der Waals surface area contributed by atoms with Crippen molar-refractivity contribution in [2.75, 3.05) is 7.11 Å². The van der Waals surface area contributed by atoms with Crippen molar-refractivity contribution in [2.24, 2.45) is 0 Å². The zero-order valence-electron chi connectivity index (χ0n) is 8.38. The number of methoxy groups -OCH3 is 1. The highest BCUT2D eigenvalue weighted by molar-refractivity contribution is 6.32. The molecule has 1 rings (SSSR count). The standard InChI is InChI=1S/C10H10ClF3O2/c1-16-8-3-2-6(4-7(8)11)5-9(15)10(12,13)14/h2-4,9,15H,5H2,1H3. The van der Waals surface area contributed by atoms with Crippen LogP contribution in [0.4, 0.5) is 13.2 Å². The molecule has 0 radical (unpaired) electrons. The second-order valence-electron chi connectivity index (χ2n) is 3.23. The summed E-state index contributed by atoms with van der Waals surface area (Å²) >= 11 is 5.74. The van der Waals surface area contributed by atoms with E-state index in [1.54, 1.807) is 0 Å². The number of ether oxygens (including phenoxy) is 1. The minimum Gasteiger partial charge on any atom is -0.495 e. The molecule has 0 heterocycles. The molecule has 0 fully saturated rings. The van der Waals surface area contributed by atoms with E-state index in [4.69, 9.17) is 21.4 Å². The van der Waals surface area contributed by atoms with Crippen molar-refractivity contribution in [1.82, 2.24) is 0 Å².